The molecule has 0 aliphatic carbocycles. The number of likely N-dealkylation sites (tertiary alicyclic amines) is 1. The van der Waals surface area contributed by atoms with Gasteiger partial charge >= 0.3 is 0 Å². The quantitative estimate of drug-likeness (QED) is 0.351. The van der Waals surface area contributed by atoms with E-state index in [0.29, 0.717) is 19.7 Å². The number of halogens is 1. The smallest absolute Gasteiger partial charge is 0.256 e. The number of ether oxygens (including phenoxy) is 1. The van der Waals surface area contributed by atoms with Gasteiger partial charge in [-0.3, -0.25) is 4.79 Å². The van der Waals surface area contributed by atoms with Gasteiger partial charge in [-0.25, -0.2) is 0 Å². The number of aromatic nitrogens is 1. The zero-order valence-electron chi connectivity index (χ0n) is 19.3. The Kier molecular flexibility index (Phi) is 5.23. The van der Waals surface area contributed by atoms with Crippen molar-refractivity contribution >= 4 is 28.4 Å². The number of amides is 1. The molecule has 172 valence electrons. The summed E-state index contributed by atoms with van der Waals surface area (Å²) in [5.41, 5.74) is 6.24. The fourth-order valence-corrected chi connectivity index (χ4v) is 5.88. The topological polar surface area (TPSA) is 34.5 Å². The largest absolute Gasteiger partial charge is 0.365 e. The van der Waals surface area contributed by atoms with Crippen molar-refractivity contribution in [3.05, 3.63) is 106 Å². The van der Waals surface area contributed by atoms with Crippen molar-refractivity contribution in [3.8, 4) is 0 Å². The van der Waals surface area contributed by atoms with Crippen molar-refractivity contribution < 1.29 is 9.53 Å². The van der Waals surface area contributed by atoms with Gasteiger partial charge in [0.2, 0.25) is 0 Å². The van der Waals surface area contributed by atoms with Crippen LogP contribution in [-0.2, 0) is 23.5 Å². The van der Waals surface area contributed by atoms with Gasteiger partial charge in [-0.15, -0.1) is 0 Å². The molecule has 4 nitrogen and oxygen atoms in total. The van der Waals surface area contributed by atoms with Crippen molar-refractivity contribution in [3.63, 3.8) is 0 Å². The molecule has 2 aliphatic rings. The molecule has 6 rings (SSSR count). The molecule has 1 aromatic heterocycles. The Morgan fingerprint density at radius 2 is 1.74 bits per heavy atom. The molecule has 0 bridgehead atoms. The van der Waals surface area contributed by atoms with Gasteiger partial charge in [0.25, 0.3) is 5.91 Å². The highest BCUT2D eigenvalue weighted by atomic mass is 35.5. The van der Waals surface area contributed by atoms with Crippen molar-refractivity contribution in [2.75, 3.05) is 13.1 Å². The number of benzene rings is 3. The van der Waals surface area contributed by atoms with E-state index in [0.717, 1.165) is 46.6 Å². The number of piperidine rings is 1. The highest BCUT2D eigenvalue weighted by Gasteiger charge is 2.44. The Bertz CT molecular complexity index is 1380. The highest BCUT2D eigenvalue weighted by molar-refractivity contribution is 6.30. The lowest BCUT2D eigenvalue weighted by Gasteiger charge is -2.39. The van der Waals surface area contributed by atoms with Crippen molar-refractivity contribution in [2.45, 2.75) is 38.5 Å². The van der Waals surface area contributed by atoms with Crippen LogP contribution in [0.2, 0.25) is 5.02 Å². The number of nitrogens with zero attached hydrogens (tertiary/aromatic N) is 2. The third-order valence-corrected chi connectivity index (χ3v) is 7.79. The highest BCUT2D eigenvalue weighted by Crippen LogP contribution is 2.45. The van der Waals surface area contributed by atoms with Crippen LogP contribution in [0.15, 0.2) is 72.8 Å². The summed E-state index contributed by atoms with van der Waals surface area (Å²) < 4.78 is 8.57. The molecule has 34 heavy (non-hydrogen) atoms. The van der Waals surface area contributed by atoms with Crippen LogP contribution < -0.4 is 0 Å². The third-order valence-electron chi connectivity index (χ3n) is 7.55. The van der Waals surface area contributed by atoms with E-state index >= 15 is 0 Å². The predicted molar refractivity (Wildman–Crippen MR) is 135 cm³/mol. The van der Waals surface area contributed by atoms with E-state index in [1.807, 2.05) is 35.2 Å². The molecule has 3 heterocycles. The Hall–Kier alpha value is -3.08. The van der Waals surface area contributed by atoms with Crippen molar-refractivity contribution in [1.29, 1.82) is 0 Å². The Labute approximate surface area is 204 Å². The fraction of sp³-hybridized carbons (Fsp3) is 0.276. The number of hydrogen-bond acceptors (Lipinski definition) is 2. The number of rotatable bonds is 3. The molecule has 0 radical (unpaired) electrons. The Balaban J connectivity index is 1.30. The van der Waals surface area contributed by atoms with Crippen LogP contribution in [0, 0.1) is 6.92 Å². The van der Waals surface area contributed by atoms with Crippen LogP contribution in [0.4, 0.5) is 0 Å². The van der Waals surface area contributed by atoms with E-state index in [1.54, 1.807) is 0 Å². The van der Waals surface area contributed by atoms with Gasteiger partial charge < -0.3 is 14.2 Å². The first-order chi connectivity index (χ1) is 16.6. The maximum atomic E-state index is 13.9. The monoisotopic (exact) mass is 470 g/mol. The number of carbonyl (C=O) groups is 1. The van der Waals surface area contributed by atoms with E-state index in [9.17, 15) is 4.79 Å². The molecule has 0 atom stereocenters. The number of hydrogen-bond donors (Lipinski definition) is 0. The van der Waals surface area contributed by atoms with E-state index < -0.39 is 0 Å². The van der Waals surface area contributed by atoms with E-state index in [-0.39, 0.29) is 11.5 Å². The van der Waals surface area contributed by atoms with E-state index in [2.05, 4.69) is 54.0 Å². The minimum Gasteiger partial charge on any atom is -0.365 e. The van der Waals surface area contributed by atoms with Crippen LogP contribution >= 0.6 is 11.6 Å². The summed E-state index contributed by atoms with van der Waals surface area (Å²) in [7, 11) is 0. The lowest BCUT2D eigenvalue weighted by Crippen LogP contribution is -2.45. The minimum atomic E-state index is -0.326. The molecule has 4 aromatic rings. The van der Waals surface area contributed by atoms with Crippen LogP contribution in [-0.4, -0.2) is 28.5 Å². The summed E-state index contributed by atoms with van der Waals surface area (Å²) in [4.78, 5) is 15.9. The maximum Gasteiger partial charge on any atom is 0.256 e. The van der Waals surface area contributed by atoms with Crippen LogP contribution in [0.1, 0.15) is 45.6 Å². The first-order valence-electron chi connectivity index (χ1n) is 11.9. The SMILES string of the molecule is Cc1c(C(=O)N2CCC3(CC2)OCc2ccc(Cl)cc23)c2ccccc2n1Cc1ccccc1. The first-order valence-corrected chi connectivity index (χ1v) is 12.3. The first kappa shape index (κ1) is 21.5. The fourth-order valence-electron chi connectivity index (χ4n) is 5.71. The van der Waals surface area contributed by atoms with Crippen LogP contribution in [0.25, 0.3) is 10.9 Å². The molecule has 0 unspecified atom stereocenters. The lowest BCUT2D eigenvalue weighted by molar-refractivity contribution is -0.0741. The number of carbonyl (C=O) groups excluding carboxylic acids is 1. The van der Waals surface area contributed by atoms with E-state index in [1.165, 1.54) is 16.7 Å². The molecule has 1 fully saturated rings. The Morgan fingerprint density at radius 1 is 1.00 bits per heavy atom. The molecule has 1 amide bonds. The van der Waals surface area contributed by atoms with Gasteiger partial charge in [0.05, 0.1) is 17.8 Å². The molecule has 1 saturated heterocycles. The van der Waals surface area contributed by atoms with Gasteiger partial charge in [0.15, 0.2) is 0 Å². The second-order valence-electron chi connectivity index (χ2n) is 9.43. The van der Waals surface area contributed by atoms with Crippen molar-refractivity contribution in [2.24, 2.45) is 0 Å². The molecular formula is C29H27ClN2O2. The van der Waals surface area contributed by atoms with Gasteiger partial charge in [-0.05, 0) is 54.7 Å². The average molecular weight is 471 g/mol. The second kappa shape index (κ2) is 8.30. The standard InChI is InChI=1S/C29H27ClN2O2/c1-20-27(24-9-5-6-10-26(24)32(20)18-21-7-3-2-4-8-21)28(33)31-15-13-29(14-16-31)25-17-23(30)12-11-22(25)19-34-29/h2-12,17H,13-16,18-19H2,1H3. The Morgan fingerprint density at radius 3 is 2.53 bits per heavy atom. The maximum absolute atomic E-state index is 13.9. The molecule has 3 aromatic carbocycles. The zero-order valence-corrected chi connectivity index (χ0v) is 20.0. The average Bonchev–Trinajstić information content (AvgIpc) is 3.34. The van der Waals surface area contributed by atoms with Crippen LogP contribution in [0.3, 0.4) is 0 Å². The summed E-state index contributed by atoms with van der Waals surface area (Å²) in [6.45, 7) is 4.77. The third kappa shape index (κ3) is 3.44. The van der Waals surface area contributed by atoms with Gasteiger partial charge in [-0.2, -0.15) is 0 Å². The molecule has 2 aliphatic heterocycles. The lowest BCUT2D eigenvalue weighted by atomic mass is 9.83. The molecule has 1 spiro atoms. The minimum absolute atomic E-state index is 0.111. The van der Waals surface area contributed by atoms with Gasteiger partial charge in [-0.1, -0.05) is 66.2 Å². The summed E-state index contributed by atoms with van der Waals surface area (Å²) in [5, 5.41) is 1.76. The van der Waals surface area contributed by atoms with Gasteiger partial charge in [0.1, 0.15) is 0 Å². The van der Waals surface area contributed by atoms with Crippen LogP contribution in [0.5, 0.6) is 0 Å². The summed E-state index contributed by atoms with van der Waals surface area (Å²) >= 11 is 6.30. The summed E-state index contributed by atoms with van der Waals surface area (Å²) in [5.74, 6) is 0.111. The van der Waals surface area contributed by atoms with Crippen molar-refractivity contribution in [1.82, 2.24) is 9.47 Å². The van der Waals surface area contributed by atoms with E-state index in [4.69, 9.17) is 16.3 Å². The molecule has 5 heteroatoms. The predicted octanol–water partition coefficient (Wildman–Crippen LogP) is 6.31. The number of fused-ring (bicyclic) bond motifs is 3. The number of para-hydroxylation sites is 1. The molecule has 0 N–H and O–H groups in total. The van der Waals surface area contributed by atoms with Gasteiger partial charge in [0, 0.05) is 41.3 Å². The molecular weight excluding hydrogens is 444 g/mol. The summed E-state index contributed by atoms with van der Waals surface area (Å²) in [6, 6.07) is 24.7. The normalized spacial score (nSPS) is 16.8. The molecule has 0 saturated carbocycles. The summed E-state index contributed by atoms with van der Waals surface area (Å²) in [6.07, 6.45) is 1.57. The zero-order chi connectivity index (χ0) is 23.3. The second-order valence-corrected chi connectivity index (χ2v) is 9.86.